The molecule has 0 atom stereocenters. The van der Waals surface area contributed by atoms with Crippen molar-refractivity contribution in [3.63, 3.8) is 0 Å². The van der Waals surface area contributed by atoms with Gasteiger partial charge in [-0.2, -0.15) is 26.3 Å². The molecular formula is C15H14F6N2O. The van der Waals surface area contributed by atoms with Crippen molar-refractivity contribution in [2.24, 2.45) is 0 Å². The molecule has 3 nitrogen and oxygen atoms in total. The highest BCUT2D eigenvalue weighted by atomic mass is 19.4. The van der Waals surface area contributed by atoms with Crippen LogP contribution in [0.3, 0.4) is 0 Å². The van der Waals surface area contributed by atoms with Crippen LogP contribution in [0.2, 0.25) is 0 Å². The Balaban J connectivity index is 2.24. The number of hydrogen-bond donors (Lipinski definition) is 2. The predicted octanol–water partition coefficient (Wildman–Crippen LogP) is 3.37. The van der Waals surface area contributed by atoms with E-state index in [1.807, 2.05) is 6.08 Å². The number of amides is 1. The van der Waals surface area contributed by atoms with Crippen molar-refractivity contribution in [2.45, 2.75) is 18.8 Å². The van der Waals surface area contributed by atoms with Gasteiger partial charge in [0, 0.05) is 18.7 Å². The lowest BCUT2D eigenvalue weighted by molar-refractivity contribution is -0.143. The lowest BCUT2D eigenvalue weighted by Crippen LogP contribution is -2.30. The van der Waals surface area contributed by atoms with Crippen LogP contribution >= 0.6 is 0 Å². The number of hydrogen-bond acceptors (Lipinski definition) is 2. The number of carbonyl (C=O) groups excluding carboxylic acids is 1. The van der Waals surface area contributed by atoms with Crippen LogP contribution in [0.25, 0.3) is 0 Å². The third-order valence-electron chi connectivity index (χ3n) is 3.48. The number of halogens is 6. The average molecular weight is 352 g/mol. The summed E-state index contributed by atoms with van der Waals surface area (Å²) in [4.78, 5) is 12.0. The highest BCUT2D eigenvalue weighted by Gasteiger charge is 2.37. The molecule has 1 aromatic carbocycles. The Labute approximate surface area is 133 Å². The quantitative estimate of drug-likeness (QED) is 0.647. The SMILES string of the molecule is O=C(NCC1=CCNCC1)c1cc(C(F)(F)F)cc(C(F)(F)F)c1. The van der Waals surface area contributed by atoms with Gasteiger partial charge in [-0.3, -0.25) is 4.79 Å². The summed E-state index contributed by atoms with van der Waals surface area (Å²) in [6.07, 6.45) is -7.49. The molecule has 0 saturated carbocycles. The fourth-order valence-electron chi connectivity index (χ4n) is 2.21. The van der Waals surface area contributed by atoms with Gasteiger partial charge in [-0.15, -0.1) is 0 Å². The van der Waals surface area contributed by atoms with Crippen molar-refractivity contribution in [2.75, 3.05) is 19.6 Å². The second-order valence-electron chi connectivity index (χ2n) is 5.29. The number of benzene rings is 1. The van der Waals surface area contributed by atoms with Crippen LogP contribution in [0, 0.1) is 0 Å². The maximum absolute atomic E-state index is 12.8. The molecule has 0 fully saturated rings. The molecule has 0 unspecified atom stereocenters. The topological polar surface area (TPSA) is 41.1 Å². The predicted molar refractivity (Wildman–Crippen MR) is 74.3 cm³/mol. The van der Waals surface area contributed by atoms with Crippen LogP contribution in [0.5, 0.6) is 0 Å². The molecule has 0 spiro atoms. The van der Waals surface area contributed by atoms with E-state index in [2.05, 4.69) is 10.6 Å². The first kappa shape index (κ1) is 18.3. The van der Waals surface area contributed by atoms with E-state index in [0.29, 0.717) is 31.6 Å². The van der Waals surface area contributed by atoms with Gasteiger partial charge in [0.15, 0.2) is 0 Å². The molecule has 0 aliphatic carbocycles. The minimum Gasteiger partial charge on any atom is -0.348 e. The van der Waals surface area contributed by atoms with Gasteiger partial charge in [0.2, 0.25) is 0 Å². The summed E-state index contributed by atoms with van der Waals surface area (Å²) in [6, 6.07) is 0.828. The third-order valence-corrected chi connectivity index (χ3v) is 3.48. The van der Waals surface area contributed by atoms with Gasteiger partial charge < -0.3 is 10.6 Å². The summed E-state index contributed by atoms with van der Waals surface area (Å²) in [7, 11) is 0. The molecule has 0 saturated heterocycles. The Morgan fingerprint density at radius 3 is 2.08 bits per heavy atom. The summed E-state index contributed by atoms with van der Waals surface area (Å²) in [5, 5.41) is 5.40. The second-order valence-corrected chi connectivity index (χ2v) is 5.29. The normalized spacial score (nSPS) is 15.8. The highest BCUT2D eigenvalue weighted by Crippen LogP contribution is 2.36. The van der Waals surface area contributed by atoms with Crippen LogP contribution in [-0.4, -0.2) is 25.5 Å². The van der Waals surface area contributed by atoms with Crippen molar-refractivity contribution in [1.82, 2.24) is 10.6 Å². The van der Waals surface area contributed by atoms with Crippen molar-refractivity contribution in [1.29, 1.82) is 0 Å². The van der Waals surface area contributed by atoms with Gasteiger partial charge in [0.05, 0.1) is 11.1 Å². The maximum atomic E-state index is 12.8. The van der Waals surface area contributed by atoms with Gasteiger partial charge in [-0.25, -0.2) is 0 Å². The molecule has 2 N–H and O–H groups in total. The molecule has 132 valence electrons. The molecule has 0 radical (unpaired) electrons. The smallest absolute Gasteiger partial charge is 0.348 e. The zero-order valence-electron chi connectivity index (χ0n) is 12.3. The molecule has 24 heavy (non-hydrogen) atoms. The Hall–Kier alpha value is -2.03. The molecule has 1 heterocycles. The lowest BCUT2D eigenvalue weighted by Gasteiger charge is -2.16. The van der Waals surface area contributed by atoms with E-state index >= 15 is 0 Å². The van der Waals surface area contributed by atoms with E-state index in [-0.39, 0.29) is 12.6 Å². The second kappa shape index (κ2) is 6.84. The van der Waals surface area contributed by atoms with E-state index in [1.165, 1.54) is 0 Å². The van der Waals surface area contributed by atoms with E-state index in [1.54, 1.807) is 0 Å². The van der Waals surface area contributed by atoms with E-state index in [0.717, 1.165) is 5.57 Å². The van der Waals surface area contributed by atoms with Crippen LogP contribution in [0.4, 0.5) is 26.3 Å². The van der Waals surface area contributed by atoms with Crippen LogP contribution in [0.15, 0.2) is 29.8 Å². The van der Waals surface area contributed by atoms with Gasteiger partial charge in [-0.1, -0.05) is 11.6 Å². The van der Waals surface area contributed by atoms with Gasteiger partial charge in [0.1, 0.15) is 0 Å². The first-order chi connectivity index (χ1) is 11.1. The molecule has 2 rings (SSSR count). The standard InChI is InChI=1S/C15H14F6N2O/c16-14(17,18)11-5-10(6-12(7-11)15(19,20)21)13(24)23-8-9-1-3-22-4-2-9/h1,5-7,22H,2-4,8H2,(H,23,24). The first-order valence-corrected chi connectivity index (χ1v) is 7.03. The third kappa shape index (κ3) is 4.73. The van der Waals surface area contributed by atoms with Crippen molar-refractivity contribution >= 4 is 5.91 Å². The molecule has 1 aliphatic heterocycles. The van der Waals surface area contributed by atoms with E-state index in [9.17, 15) is 31.1 Å². The minimum absolute atomic E-state index is 0.00782. The van der Waals surface area contributed by atoms with Crippen LogP contribution in [-0.2, 0) is 12.4 Å². The zero-order valence-corrected chi connectivity index (χ0v) is 12.3. The molecule has 0 aromatic heterocycles. The van der Waals surface area contributed by atoms with Gasteiger partial charge >= 0.3 is 12.4 Å². The van der Waals surface area contributed by atoms with Gasteiger partial charge in [0.25, 0.3) is 5.91 Å². The van der Waals surface area contributed by atoms with Gasteiger partial charge in [-0.05, 0) is 31.2 Å². The highest BCUT2D eigenvalue weighted by molar-refractivity contribution is 5.94. The minimum atomic E-state index is -4.98. The number of rotatable bonds is 3. The van der Waals surface area contributed by atoms with E-state index in [4.69, 9.17) is 0 Å². The van der Waals surface area contributed by atoms with Crippen LogP contribution in [0.1, 0.15) is 27.9 Å². The Morgan fingerprint density at radius 1 is 1.04 bits per heavy atom. The van der Waals surface area contributed by atoms with Crippen LogP contribution < -0.4 is 10.6 Å². The molecule has 1 aliphatic rings. The molecular weight excluding hydrogens is 338 g/mol. The number of carbonyl (C=O) groups is 1. The summed E-state index contributed by atoms with van der Waals surface area (Å²) in [5.74, 6) is -0.981. The molecule has 1 amide bonds. The fourth-order valence-corrected chi connectivity index (χ4v) is 2.21. The molecule has 0 bridgehead atoms. The summed E-state index contributed by atoms with van der Waals surface area (Å²) in [6.45, 7) is 1.38. The average Bonchev–Trinajstić information content (AvgIpc) is 2.51. The Kier molecular flexibility index (Phi) is 5.22. The summed E-state index contributed by atoms with van der Waals surface area (Å²) in [5.41, 5.74) is -2.83. The molecule has 9 heteroatoms. The lowest BCUT2D eigenvalue weighted by atomic mass is 10.0. The summed E-state index contributed by atoms with van der Waals surface area (Å²) < 4.78 is 76.6. The Bertz CT molecular complexity index is 616. The zero-order chi connectivity index (χ0) is 18.0. The fraction of sp³-hybridized carbons (Fsp3) is 0.400. The maximum Gasteiger partial charge on any atom is 0.416 e. The number of nitrogens with one attached hydrogen (secondary N) is 2. The summed E-state index contributed by atoms with van der Waals surface area (Å²) >= 11 is 0. The monoisotopic (exact) mass is 352 g/mol. The van der Waals surface area contributed by atoms with Crippen molar-refractivity contribution in [3.8, 4) is 0 Å². The van der Waals surface area contributed by atoms with E-state index < -0.39 is 35.0 Å². The van der Waals surface area contributed by atoms with Crippen molar-refractivity contribution < 1.29 is 31.1 Å². The molecule has 1 aromatic rings. The van der Waals surface area contributed by atoms with Crippen molar-refractivity contribution in [3.05, 3.63) is 46.5 Å². The Morgan fingerprint density at radius 2 is 1.62 bits per heavy atom. The number of alkyl halides is 6. The first-order valence-electron chi connectivity index (χ1n) is 7.03. The largest absolute Gasteiger partial charge is 0.416 e.